The van der Waals surface area contributed by atoms with E-state index in [1.165, 1.54) is 17.6 Å². The van der Waals surface area contributed by atoms with E-state index in [2.05, 4.69) is 10.3 Å². The minimum absolute atomic E-state index is 0.0298. The molecule has 34 heavy (non-hydrogen) atoms. The number of benzene rings is 1. The SMILES string of the molecule is COc1ccccc1Oc1nc2c(C)cccn2c(=O)c1C=C(C#N)C(=O)NCC1CCCO1. The van der Waals surface area contributed by atoms with Crippen LogP contribution in [0.1, 0.15) is 24.0 Å². The van der Waals surface area contributed by atoms with Crippen LogP contribution in [0.2, 0.25) is 0 Å². The summed E-state index contributed by atoms with van der Waals surface area (Å²) in [6.45, 7) is 2.77. The average Bonchev–Trinajstić information content (AvgIpc) is 3.37. The summed E-state index contributed by atoms with van der Waals surface area (Å²) in [4.78, 5) is 30.6. The lowest BCUT2D eigenvalue weighted by Gasteiger charge is -2.13. The number of fused-ring (bicyclic) bond motifs is 1. The number of carbonyl (C=O) groups excluding carboxylic acids is 1. The Morgan fingerprint density at radius 3 is 2.82 bits per heavy atom. The molecule has 0 spiro atoms. The van der Waals surface area contributed by atoms with Gasteiger partial charge in [-0.1, -0.05) is 18.2 Å². The number of carbonyl (C=O) groups is 1. The van der Waals surface area contributed by atoms with E-state index < -0.39 is 11.5 Å². The van der Waals surface area contributed by atoms with Crippen LogP contribution in [0.5, 0.6) is 17.4 Å². The van der Waals surface area contributed by atoms with Crippen molar-refractivity contribution in [1.29, 1.82) is 5.26 Å². The molecular weight excluding hydrogens is 436 g/mol. The molecule has 9 nitrogen and oxygen atoms in total. The molecule has 9 heteroatoms. The van der Waals surface area contributed by atoms with E-state index in [-0.39, 0.29) is 29.7 Å². The largest absolute Gasteiger partial charge is 0.493 e. The average molecular weight is 460 g/mol. The maximum atomic E-state index is 13.4. The molecule has 0 saturated carbocycles. The first kappa shape index (κ1) is 23.0. The number of amides is 1. The van der Waals surface area contributed by atoms with Gasteiger partial charge < -0.3 is 19.5 Å². The Labute approximate surface area is 196 Å². The number of hydrogen-bond acceptors (Lipinski definition) is 7. The van der Waals surface area contributed by atoms with Gasteiger partial charge in [0, 0.05) is 19.3 Å². The van der Waals surface area contributed by atoms with Gasteiger partial charge in [-0.15, -0.1) is 0 Å². The van der Waals surface area contributed by atoms with E-state index >= 15 is 0 Å². The van der Waals surface area contributed by atoms with Crippen molar-refractivity contribution in [3.63, 3.8) is 0 Å². The Hall–Kier alpha value is -4.16. The van der Waals surface area contributed by atoms with Gasteiger partial charge in [-0.3, -0.25) is 14.0 Å². The van der Waals surface area contributed by atoms with Gasteiger partial charge in [-0.05, 0) is 49.6 Å². The summed E-state index contributed by atoms with van der Waals surface area (Å²) in [6.07, 6.45) is 4.48. The summed E-state index contributed by atoms with van der Waals surface area (Å²) in [5.74, 6) is 0.142. The van der Waals surface area contributed by atoms with E-state index in [1.54, 1.807) is 36.5 Å². The van der Waals surface area contributed by atoms with Gasteiger partial charge in [0.15, 0.2) is 11.5 Å². The van der Waals surface area contributed by atoms with E-state index in [4.69, 9.17) is 14.2 Å². The highest BCUT2D eigenvalue weighted by atomic mass is 16.5. The van der Waals surface area contributed by atoms with Crippen LogP contribution in [0.4, 0.5) is 0 Å². The Morgan fingerprint density at radius 1 is 1.32 bits per heavy atom. The molecule has 1 atom stereocenters. The minimum atomic E-state index is -0.602. The lowest BCUT2D eigenvalue weighted by molar-refractivity contribution is -0.117. The van der Waals surface area contributed by atoms with Crippen molar-refractivity contribution in [2.45, 2.75) is 25.9 Å². The molecule has 1 aliphatic heterocycles. The standard InChI is InChI=1S/C25H24N4O5/c1-16-7-5-11-29-22(16)28-24(34-21-10-4-3-9-20(21)32-2)19(25(29)31)13-17(14-26)23(30)27-15-18-8-6-12-33-18/h3-5,7,9-11,13,18H,6,8,12,15H2,1-2H3,(H,27,30). The molecule has 1 saturated heterocycles. The van der Waals surface area contributed by atoms with E-state index in [0.29, 0.717) is 23.8 Å². The number of aryl methyl sites for hydroxylation is 1. The molecule has 1 fully saturated rings. The molecular formula is C25H24N4O5. The second-order valence-corrected chi connectivity index (χ2v) is 7.79. The highest BCUT2D eigenvalue weighted by Gasteiger charge is 2.21. The predicted molar refractivity (Wildman–Crippen MR) is 125 cm³/mol. The van der Waals surface area contributed by atoms with Crippen molar-refractivity contribution in [2.75, 3.05) is 20.3 Å². The Morgan fingerprint density at radius 2 is 2.12 bits per heavy atom. The number of nitrogens with zero attached hydrogens (tertiary/aromatic N) is 3. The number of nitrogens with one attached hydrogen (secondary N) is 1. The van der Waals surface area contributed by atoms with Gasteiger partial charge in [-0.25, -0.2) is 0 Å². The van der Waals surface area contributed by atoms with Gasteiger partial charge >= 0.3 is 0 Å². The minimum Gasteiger partial charge on any atom is -0.493 e. The van der Waals surface area contributed by atoms with Crippen molar-refractivity contribution in [1.82, 2.24) is 14.7 Å². The van der Waals surface area contributed by atoms with E-state index in [9.17, 15) is 14.9 Å². The summed E-state index contributed by atoms with van der Waals surface area (Å²) in [5.41, 5.74) is 0.413. The maximum Gasteiger partial charge on any atom is 0.269 e. The van der Waals surface area contributed by atoms with Crippen molar-refractivity contribution >= 4 is 17.6 Å². The molecule has 174 valence electrons. The van der Waals surface area contributed by atoms with Crippen molar-refractivity contribution in [3.8, 4) is 23.4 Å². The fraction of sp³-hybridized carbons (Fsp3) is 0.280. The fourth-order valence-corrected chi connectivity index (χ4v) is 3.70. The summed E-state index contributed by atoms with van der Waals surface area (Å²) >= 11 is 0. The van der Waals surface area contributed by atoms with Crippen LogP contribution < -0.4 is 20.3 Å². The molecule has 0 radical (unpaired) electrons. The zero-order valence-corrected chi connectivity index (χ0v) is 18.9. The van der Waals surface area contributed by atoms with Crippen molar-refractivity contribution in [3.05, 3.63) is 69.6 Å². The van der Waals surface area contributed by atoms with Crippen LogP contribution in [0.3, 0.4) is 0 Å². The van der Waals surface area contributed by atoms with Crippen LogP contribution in [0.25, 0.3) is 11.7 Å². The quantitative estimate of drug-likeness (QED) is 0.426. The third-order valence-corrected chi connectivity index (χ3v) is 5.49. The number of ether oxygens (including phenoxy) is 3. The zero-order valence-electron chi connectivity index (χ0n) is 18.9. The van der Waals surface area contributed by atoms with Crippen LogP contribution in [-0.4, -0.2) is 41.7 Å². The number of rotatable bonds is 7. The number of aromatic nitrogens is 2. The van der Waals surface area contributed by atoms with Crippen LogP contribution in [0, 0.1) is 18.3 Å². The third-order valence-electron chi connectivity index (χ3n) is 5.49. The molecule has 0 aliphatic carbocycles. The summed E-state index contributed by atoms with van der Waals surface area (Å²) in [6, 6.07) is 12.3. The molecule has 0 bridgehead atoms. The topological polar surface area (TPSA) is 115 Å². The van der Waals surface area contributed by atoms with Crippen LogP contribution in [0.15, 0.2) is 53.0 Å². The highest BCUT2D eigenvalue weighted by molar-refractivity contribution is 6.01. The number of hydrogen-bond donors (Lipinski definition) is 1. The molecule has 2 aromatic heterocycles. The fourth-order valence-electron chi connectivity index (χ4n) is 3.70. The van der Waals surface area contributed by atoms with Gasteiger partial charge in [0.05, 0.1) is 13.2 Å². The van der Waals surface area contributed by atoms with E-state index in [0.717, 1.165) is 18.4 Å². The smallest absolute Gasteiger partial charge is 0.269 e. The Bertz CT molecular complexity index is 1350. The first-order chi connectivity index (χ1) is 16.5. The first-order valence-electron chi connectivity index (χ1n) is 10.9. The summed E-state index contributed by atoms with van der Waals surface area (Å²) in [7, 11) is 1.50. The molecule has 1 unspecified atom stereocenters. The summed E-state index contributed by atoms with van der Waals surface area (Å²) in [5, 5.41) is 12.4. The molecule has 1 aliphatic rings. The molecule has 1 N–H and O–H groups in total. The maximum absolute atomic E-state index is 13.4. The lowest BCUT2D eigenvalue weighted by Crippen LogP contribution is -2.32. The van der Waals surface area contributed by atoms with Crippen molar-refractivity contribution < 1.29 is 19.0 Å². The lowest BCUT2D eigenvalue weighted by atomic mass is 10.1. The van der Waals surface area contributed by atoms with Gasteiger partial charge in [0.2, 0.25) is 5.88 Å². The molecule has 3 heterocycles. The number of pyridine rings is 1. The third kappa shape index (κ3) is 4.77. The van der Waals surface area contributed by atoms with Gasteiger partial charge in [0.1, 0.15) is 22.9 Å². The number of nitriles is 1. The van der Waals surface area contributed by atoms with Gasteiger partial charge in [0.25, 0.3) is 11.5 Å². The van der Waals surface area contributed by atoms with Crippen molar-refractivity contribution in [2.24, 2.45) is 0 Å². The second-order valence-electron chi connectivity index (χ2n) is 7.79. The highest BCUT2D eigenvalue weighted by Crippen LogP contribution is 2.32. The molecule has 4 rings (SSSR count). The van der Waals surface area contributed by atoms with Crippen LogP contribution >= 0.6 is 0 Å². The van der Waals surface area contributed by atoms with Gasteiger partial charge in [-0.2, -0.15) is 10.2 Å². The second kappa shape index (κ2) is 10.2. The van der Waals surface area contributed by atoms with E-state index in [1.807, 2.05) is 19.1 Å². The molecule has 1 amide bonds. The first-order valence-corrected chi connectivity index (χ1v) is 10.9. The zero-order chi connectivity index (χ0) is 24.1. The monoisotopic (exact) mass is 460 g/mol. The number of methoxy groups -OCH3 is 1. The predicted octanol–water partition coefficient (Wildman–Crippen LogP) is 3.01. The molecule has 1 aromatic carbocycles. The Balaban J connectivity index is 1.78. The normalized spacial score (nSPS) is 15.7. The summed E-state index contributed by atoms with van der Waals surface area (Å²) < 4.78 is 18.2. The molecule has 3 aromatic rings. The Kier molecular flexibility index (Phi) is 6.90. The number of para-hydroxylation sites is 2. The van der Waals surface area contributed by atoms with Crippen LogP contribution in [-0.2, 0) is 9.53 Å².